The first kappa shape index (κ1) is 19.5. The number of likely N-dealkylation sites (tertiary alicyclic amines) is 2. The van der Waals surface area contributed by atoms with Gasteiger partial charge in [-0.2, -0.15) is 0 Å². The van der Waals surface area contributed by atoms with Crippen LogP contribution in [0, 0.1) is 18.8 Å². The van der Waals surface area contributed by atoms with Crippen molar-refractivity contribution in [3.63, 3.8) is 0 Å². The fourth-order valence-electron chi connectivity index (χ4n) is 3.99. The van der Waals surface area contributed by atoms with Crippen LogP contribution in [0.2, 0.25) is 0 Å². The zero-order chi connectivity index (χ0) is 19.4. The van der Waals surface area contributed by atoms with E-state index in [1.54, 1.807) is 24.8 Å². The van der Waals surface area contributed by atoms with Crippen molar-refractivity contribution in [3.8, 4) is 0 Å². The number of hydrogen-bond donors (Lipinski definition) is 0. The highest BCUT2D eigenvalue weighted by Crippen LogP contribution is 2.25. The molecular weight excluding hydrogens is 348 g/mol. The quantitative estimate of drug-likeness (QED) is 0.753. The van der Waals surface area contributed by atoms with Crippen molar-refractivity contribution in [1.82, 2.24) is 9.80 Å². The molecule has 1 atom stereocenters. The van der Waals surface area contributed by atoms with Crippen molar-refractivity contribution in [1.29, 1.82) is 0 Å². The zero-order valence-corrected chi connectivity index (χ0v) is 16.1. The van der Waals surface area contributed by atoms with Gasteiger partial charge in [-0.15, -0.1) is 0 Å². The van der Waals surface area contributed by atoms with E-state index in [1.807, 2.05) is 4.90 Å². The molecule has 2 fully saturated rings. The fraction of sp³-hybridized carbons (Fsp3) is 0.650. The third kappa shape index (κ3) is 4.34. The van der Waals surface area contributed by atoms with Gasteiger partial charge >= 0.3 is 5.97 Å². The van der Waals surface area contributed by atoms with E-state index in [2.05, 4.69) is 0 Å². The summed E-state index contributed by atoms with van der Waals surface area (Å²) in [6.45, 7) is 6.23. The molecule has 2 aliphatic rings. The van der Waals surface area contributed by atoms with Gasteiger partial charge in [0.25, 0.3) is 5.91 Å². The van der Waals surface area contributed by atoms with Crippen molar-refractivity contribution in [2.45, 2.75) is 39.5 Å². The summed E-state index contributed by atoms with van der Waals surface area (Å²) in [6, 6.07) is 1.68. The van der Waals surface area contributed by atoms with Gasteiger partial charge in [0, 0.05) is 26.2 Å². The molecule has 3 rings (SSSR count). The number of furan rings is 1. The SMILES string of the molecule is CCOC(=O)C1CCN(C(=O)[C@@H]2CCCN(C(=O)c3ccoc3C)C2)CC1. The minimum absolute atomic E-state index is 0.0697. The lowest BCUT2D eigenvalue weighted by Crippen LogP contribution is -2.49. The Balaban J connectivity index is 1.55. The number of hydrogen-bond acceptors (Lipinski definition) is 5. The second-order valence-electron chi connectivity index (χ2n) is 7.33. The largest absolute Gasteiger partial charge is 0.469 e. The van der Waals surface area contributed by atoms with E-state index in [4.69, 9.17) is 9.15 Å². The van der Waals surface area contributed by atoms with Gasteiger partial charge in [-0.3, -0.25) is 14.4 Å². The van der Waals surface area contributed by atoms with Crippen LogP contribution in [0.3, 0.4) is 0 Å². The molecular formula is C20H28N2O5. The van der Waals surface area contributed by atoms with Crippen molar-refractivity contribution in [2.75, 3.05) is 32.8 Å². The molecule has 0 bridgehead atoms. The number of aryl methyl sites for hydroxylation is 1. The maximum absolute atomic E-state index is 12.9. The third-order valence-corrected chi connectivity index (χ3v) is 5.57. The van der Waals surface area contributed by atoms with Crippen LogP contribution in [-0.2, 0) is 14.3 Å². The molecule has 7 heteroatoms. The van der Waals surface area contributed by atoms with Crippen LogP contribution < -0.4 is 0 Å². The van der Waals surface area contributed by atoms with Crippen molar-refractivity contribution < 1.29 is 23.5 Å². The normalized spacial score (nSPS) is 21.2. The minimum atomic E-state index is -0.172. The molecule has 2 amide bonds. The number of esters is 1. The molecule has 148 valence electrons. The van der Waals surface area contributed by atoms with Crippen molar-refractivity contribution in [3.05, 3.63) is 23.7 Å². The van der Waals surface area contributed by atoms with Crippen LogP contribution in [-0.4, -0.2) is 60.4 Å². The Morgan fingerprint density at radius 2 is 1.85 bits per heavy atom. The topological polar surface area (TPSA) is 80.1 Å². The summed E-state index contributed by atoms with van der Waals surface area (Å²) in [5.41, 5.74) is 0.568. The summed E-state index contributed by atoms with van der Waals surface area (Å²) in [4.78, 5) is 41.1. The van der Waals surface area contributed by atoms with Gasteiger partial charge in [-0.1, -0.05) is 0 Å². The highest BCUT2D eigenvalue weighted by Gasteiger charge is 2.35. The lowest BCUT2D eigenvalue weighted by Gasteiger charge is -2.37. The molecule has 27 heavy (non-hydrogen) atoms. The van der Waals surface area contributed by atoms with Crippen molar-refractivity contribution in [2.24, 2.45) is 11.8 Å². The fourth-order valence-corrected chi connectivity index (χ4v) is 3.99. The summed E-state index contributed by atoms with van der Waals surface area (Å²) in [5, 5.41) is 0. The molecule has 1 aromatic rings. The standard InChI is InChI=1S/C20H28N2O5/c1-3-26-20(25)15-6-10-21(11-7-15)18(23)16-5-4-9-22(13-16)19(24)17-8-12-27-14(17)2/h8,12,15-16H,3-7,9-11,13H2,1-2H3/t16-/m1/s1. The van der Waals surface area contributed by atoms with E-state index in [-0.39, 0.29) is 29.6 Å². The van der Waals surface area contributed by atoms with Crippen LogP contribution in [0.15, 0.2) is 16.7 Å². The van der Waals surface area contributed by atoms with Gasteiger partial charge in [0.05, 0.1) is 30.3 Å². The van der Waals surface area contributed by atoms with Crippen molar-refractivity contribution >= 4 is 17.8 Å². The van der Waals surface area contributed by atoms with Gasteiger partial charge in [-0.05, 0) is 45.6 Å². The summed E-state index contributed by atoms with van der Waals surface area (Å²) in [6.07, 6.45) is 4.42. The summed E-state index contributed by atoms with van der Waals surface area (Å²) in [5.74, 6) is 0.194. The second-order valence-corrected chi connectivity index (χ2v) is 7.33. The molecule has 0 aromatic carbocycles. The zero-order valence-electron chi connectivity index (χ0n) is 16.1. The molecule has 0 unspecified atom stereocenters. The van der Waals surface area contributed by atoms with Gasteiger partial charge in [-0.25, -0.2) is 0 Å². The van der Waals surface area contributed by atoms with Gasteiger partial charge in [0.15, 0.2) is 0 Å². The Bertz CT molecular complexity index is 690. The molecule has 0 aliphatic carbocycles. The number of carbonyl (C=O) groups is 3. The third-order valence-electron chi connectivity index (χ3n) is 5.57. The molecule has 3 heterocycles. The number of nitrogens with zero attached hydrogens (tertiary/aromatic N) is 2. The smallest absolute Gasteiger partial charge is 0.309 e. The first-order valence-corrected chi connectivity index (χ1v) is 9.80. The highest BCUT2D eigenvalue weighted by atomic mass is 16.5. The van der Waals surface area contributed by atoms with Crippen LogP contribution in [0.25, 0.3) is 0 Å². The van der Waals surface area contributed by atoms with E-state index in [9.17, 15) is 14.4 Å². The highest BCUT2D eigenvalue weighted by molar-refractivity contribution is 5.95. The van der Waals surface area contributed by atoms with Crippen LogP contribution >= 0.6 is 0 Å². The van der Waals surface area contributed by atoms with E-state index in [0.29, 0.717) is 57.0 Å². The molecule has 2 aliphatic heterocycles. The Hall–Kier alpha value is -2.31. The monoisotopic (exact) mass is 376 g/mol. The Kier molecular flexibility index (Phi) is 6.19. The molecule has 2 saturated heterocycles. The first-order valence-electron chi connectivity index (χ1n) is 9.80. The molecule has 0 saturated carbocycles. The van der Waals surface area contributed by atoms with E-state index in [0.717, 1.165) is 12.8 Å². The van der Waals surface area contributed by atoms with Gasteiger partial charge < -0.3 is 19.0 Å². The molecule has 0 N–H and O–H groups in total. The summed E-state index contributed by atoms with van der Waals surface area (Å²) < 4.78 is 10.3. The Labute approximate surface area is 159 Å². The predicted octanol–water partition coefficient (Wildman–Crippen LogP) is 2.24. The maximum atomic E-state index is 12.9. The van der Waals surface area contributed by atoms with Crippen LogP contribution in [0.4, 0.5) is 0 Å². The molecule has 1 aromatic heterocycles. The number of piperidine rings is 2. The minimum Gasteiger partial charge on any atom is -0.469 e. The average Bonchev–Trinajstić information content (AvgIpc) is 3.13. The lowest BCUT2D eigenvalue weighted by molar-refractivity contribution is -0.152. The number of ether oxygens (including phenoxy) is 1. The lowest BCUT2D eigenvalue weighted by atomic mass is 9.92. The predicted molar refractivity (Wildman–Crippen MR) is 98.0 cm³/mol. The van der Waals surface area contributed by atoms with E-state index < -0.39 is 0 Å². The maximum Gasteiger partial charge on any atom is 0.309 e. The number of rotatable bonds is 4. The summed E-state index contributed by atoms with van der Waals surface area (Å²) >= 11 is 0. The number of carbonyl (C=O) groups excluding carboxylic acids is 3. The average molecular weight is 376 g/mol. The van der Waals surface area contributed by atoms with Gasteiger partial charge in [0.1, 0.15) is 5.76 Å². The summed E-state index contributed by atoms with van der Waals surface area (Å²) in [7, 11) is 0. The van der Waals surface area contributed by atoms with E-state index in [1.165, 1.54) is 6.26 Å². The Morgan fingerprint density at radius 3 is 2.48 bits per heavy atom. The molecule has 0 spiro atoms. The first-order chi connectivity index (χ1) is 13.0. The van der Waals surface area contributed by atoms with Crippen LogP contribution in [0.1, 0.15) is 48.7 Å². The molecule has 0 radical (unpaired) electrons. The number of amides is 2. The van der Waals surface area contributed by atoms with Crippen LogP contribution in [0.5, 0.6) is 0 Å². The van der Waals surface area contributed by atoms with E-state index >= 15 is 0 Å². The molecule has 7 nitrogen and oxygen atoms in total. The van der Waals surface area contributed by atoms with Gasteiger partial charge in [0.2, 0.25) is 5.91 Å². The Morgan fingerprint density at radius 1 is 1.11 bits per heavy atom. The second kappa shape index (κ2) is 8.59.